The first-order valence-electron chi connectivity index (χ1n) is 23.2. The van der Waals surface area contributed by atoms with Crippen molar-refractivity contribution in [2.45, 2.75) is 6.92 Å². The van der Waals surface area contributed by atoms with Crippen LogP contribution < -0.4 is 4.90 Å². The van der Waals surface area contributed by atoms with Crippen molar-refractivity contribution in [2.75, 3.05) is 4.90 Å². The lowest BCUT2D eigenvalue weighted by Crippen LogP contribution is -2.12. The van der Waals surface area contributed by atoms with Gasteiger partial charge in [-0.25, -0.2) is 0 Å². The number of allylic oxidation sites excluding steroid dienone is 2. The highest BCUT2D eigenvalue weighted by atomic mass is 16.3. The van der Waals surface area contributed by atoms with Crippen LogP contribution in [0.25, 0.3) is 99.8 Å². The molecule has 0 bridgehead atoms. The molecule has 0 N–H and O–H groups in total. The van der Waals surface area contributed by atoms with Gasteiger partial charge in [0.05, 0.1) is 28.1 Å². The first kappa shape index (κ1) is 40.6. The van der Waals surface area contributed by atoms with Crippen LogP contribution in [0.5, 0.6) is 0 Å². The van der Waals surface area contributed by atoms with E-state index in [0.717, 1.165) is 89.6 Å². The molecule has 0 radical (unpaired) electrons. The van der Waals surface area contributed by atoms with Gasteiger partial charge in [0.15, 0.2) is 0 Å². The molecule has 10 aromatic carbocycles. The van der Waals surface area contributed by atoms with Crippen LogP contribution >= 0.6 is 0 Å². The molecule has 12 rings (SSSR count). The zero-order chi connectivity index (χ0) is 45.6. The largest absolute Gasteiger partial charge is 0.456 e. The maximum atomic E-state index is 6.54. The molecule has 0 aliphatic rings. The molecule has 322 valence electrons. The zero-order valence-electron chi connectivity index (χ0n) is 37.7. The smallest absolute Gasteiger partial charge is 0.142 e. The second-order valence-corrected chi connectivity index (χ2v) is 17.3. The van der Waals surface area contributed by atoms with Crippen molar-refractivity contribution in [2.24, 2.45) is 0 Å². The standard InChI is InChI=1S/C65H46N2O/c1-3-4-36-64-44(2)50-29-19-30-52(65(50)68-64)46-39-41-49(42-40-46)66(59-31-14-9-22-51(59)48-38-37-45-20-5-6-21-47(45)43-48)60-32-15-10-25-55(60)53-23-7-8-24-54(53)56-26-11-16-33-61(56)67-62-34-17-12-27-57(62)58-28-13-18-35-63(58)67/h3-43H,1H2,2H3/b36-4-. The maximum absolute atomic E-state index is 6.54. The topological polar surface area (TPSA) is 21.3 Å². The highest BCUT2D eigenvalue weighted by molar-refractivity contribution is 6.10. The van der Waals surface area contributed by atoms with Crippen LogP contribution in [0.2, 0.25) is 0 Å². The van der Waals surface area contributed by atoms with Crippen molar-refractivity contribution in [1.29, 1.82) is 0 Å². The molecule has 0 aliphatic carbocycles. The molecule has 0 aliphatic heterocycles. The molecule has 3 nitrogen and oxygen atoms in total. The molecule has 0 atom stereocenters. The molecule has 3 heteroatoms. The number of hydrogen-bond acceptors (Lipinski definition) is 2. The van der Waals surface area contributed by atoms with E-state index >= 15 is 0 Å². The average molecular weight is 871 g/mol. The van der Waals surface area contributed by atoms with E-state index in [0.29, 0.717) is 0 Å². The molecule has 0 saturated heterocycles. The molecule has 0 saturated carbocycles. The number of fused-ring (bicyclic) bond motifs is 5. The van der Waals surface area contributed by atoms with Crippen molar-refractivity contribution >= 4 is 66.7 Å². The fraction of sp³-hybridized carbons (Fsp3) is 0.0154. The third-order valence-corrected chi connectivity index (χ3v) is 13.4. The fourth-order valence-electron chi connectivity index (χ4n) is 10.2. The van der Waals surface area contributed by atoms with Crippen LogP contribution in [0.15, 0.2) is 254 Å². The maximum Gasteiger partial charge on any atom is 0.142 e. The summed E-state index contributed by atoms with van der Waals surface area (Å²) in [7, 11) is 0. The third-order valence-electron chi connectivity index (χ3n) is 13.4. The third kappa shape index (κ3) is 6.92. The summed E-state index contributed by atoms with van der Waals surface area (Å²) in [6.45, 7) is 5.98. The Kier molecular flexibility index (Phi) is 10.2. The summed E-state index contributed by atoms with van der Waals surface area (Å²) in [6.07, 6.45) is 5.68. The van der Waals surface area contributed by atoms with Crippen LogP contribution in [-0.2, 0) is 0 Å². The number of benzene rings is 10. The first-order chi connectivity index (χ1) is 33.6. The number of aryl methyl sites for hydroxylation is 1. The van der Waals surface area contributed by atoms with E-state index in [1.165, 1.54) is 32.6 Å². The van der Waals surface area contributed by atoms with Crippen molar-refractivity contribution in [3.63, 3.8) is 0 Å². The van der Waals surface area contributed by atoms with Crippen LogP contribution in [0.3, 0.4) is 0 Å². The highest BCUT2D eigenvalue weighted by Crippen LogP contribution is 2.48. The van der Waals surface area contributed by atoms with Gasteiger partial charge in [0.25, 0.3) is 0 Å². The number of aromatic nitrogens is 1. The van der Waals surface area contributed by atoms with Crippen LogP contribution in [0.1, 0.15) is 11.3 Å². The molecule has 2 aromatic heterocycles. The lowest BCUT2D eigenvalue weighted by Gasteiger charge is -2.30. The number of hydrogen-bond donors (Lipinski definition) is 0. The zero-order valence-corrected chi connectivity index (χ0v) is 37.7. The van der Waals surface area contributed by atoms with Crippen LogP contribution in [0, 0.1) is 6.92 Å². The monoisotopic (exact) mass is 870 g/mol. The molecule has 68 heavy (non-hydrogen) atoms. The van der Waals surface area contributed by atoms with Gasteiger partial charge in [-0.05, 0) is 94.6 Å². The summed E-state index contributed by atoms with van der Waals surface area (Å²) in [6, 6.07) is 83.6. The Morgan fingerprint density at radius 2 is 0.971 bits per heavy atom. The molecule has 2 heterocycles. The van der Waals surface area contributed by atoms with E-state index in [2.05, 4.69) is 253 Å². The highest BCUT2D eigenvalue weighted by Gasteiger charge is 2.24. The van der Waals surface area contributed by atoms with Gasteiger partial charge in [0.1, 0.15) is 11.3 Å². The molecule has 0 amide bonds. The Hall–Kier alpha value is -8.92. The Morgan fingerprint density at radius 3 is 1.69 bits per heavy atom. The number of anilines is 3. The van der Waals surface area contributed by atoms with Gasteiger partial charge < -0.3 is 13.9 Å². The Morgan fingerprint density at radius 1 is 0.441 bits per heavy atom. The number of furan rings is 1. The van der Waals surface area contributed by atoms with Crippen molar-refractivity contribution < 1.29 is 4.42 Å². The van der Waals surface area contributed by atoms with Gasteiger partial charge in [-0.1, -0.05) is 201 Å². The quantitative estimate of drug-likeness (QED) is 0.128. The first-order valence-corrected chi connectivity index (χ1v) is 23.2. The fourth-order valence-corrected chi connectivity index (χ4v) is 10.2. The minimum Gasteiger partial charge on any atom is -0.456 e. The van der Waals surface area contributed by atoms with Gasteiger partial charge in [-0.2, -0.15) is 0 Å². The lowest BCUT2D eigenvalue weighted by molar-refractivity contribution is 0.602. The number of rotatable bonds is 10. The van der Waals surface area contributed by atoms with E-state index in [9.17, 15) is 0 Å². The lowest BCUT2D eigenvalue weighted by atomic mass is 9.91. The summed E-state index contributed by atoms with van der Waals surface area (Å²) in [5.41, 5.74) is 17.7. The second-order valence-electron chi connectivity index (χ2n) is 17.3. The van der Waals surface area contributed by atoms with Gasteiger partial charge in [0.2, 0.25) is 0 Å². The van der Waals surface area contributed by atoms with E-state index in [-0.39, 0.29) is 0 Å². The number of nitrogens with zero attached hydrogens (tertiary/aromatic N) is 2. The van der Waals surface area contributed by atoms with Crippen molar-refractivity contribution in [1.82, 2.24) is 4.57 Å². The van der Waals surface area contributed by atoms with Gasteiger partial charge >= 0.3 is 0 Å². The summed E-state index contributed by atoms with van der Waals surface area (Å²) >= 11 is 0. The van der Waals surface area contributed by atoms with Crippen molar-refractivity contribution in [3.8, 4) is 50.2 Å². The molecule has 0 spiro atoms. The second kappa shape index (κ2) is 17.1. The van der Waals surface area contributed by atoms with Crippen LogP contribution in [-0.4, -0.2) is 4.57 Å². The minimum atomic E-state index is 0.843. The average Bonchev–Trinajstić information content (AvgIpc) is 3.92. The Balaban J connectivity index is 1.05. The van der Waals surface area contributed by atoms with E-state index < -0.39 is 0 Å². The van der Waals surface area contributed by atoms with Gasteiger partial charge in [-0.15, -0.1) is 0 Å². The van der Waals surface area contributed by atoms with E-state index in [1.54, 1.807) is 6.08 Å². The predicted molar refractivity (Wildman–Crippen MR) is 288 cm³/mol. The summed E-state index contributed by atoms with van der Waals surface area (Å²) in [4.78, 5) is 2.44. The summed E-state index contributed by atoms with van der Waals surface area (Å²) in [5, 5.41) is 6.01. The van der Waals surface area contributed by atoms with Crippen molar-refractivity contribution in [3.05, 3.63) is 261 Å². The SMILES string of the molecule is C=C/C=C\c1oc2c(-c3ccc(N(c4ccccc4-c4ccc5ccccc5c4)c4ccccc4-c4ccccc4-c4ccccc4-n4c5ccccc5c5ccccc54)cc3)cccc2c1C. The van der Waals surface area contributed by atoms with Gasteiger partial charge in [-0.3, -0.25) is 0 Å². The minimum absolute atomic E-state index is 0.843. The predicted octanol–water partition coefficient (Wildman–Crippen LogP) is 18.3. The van der Waals surface area contributed by atoms with Crippen LogP contribution in [0.4, 0.5) is 17.1 Å². The Labute approximate surface area is 396 Å². The molecule has 12 aromatic rings. The summed E-state index contributed by atoms with van der Waals surface area (Å²) < 4.78 is 8.97. The normalized spacial score (nSPS) is 11.6. The summed E-state index contributed by atoms with van der Waals surface area (Å²) in [5.74, 6) is 0.843. The molecule has 0 unspecified atom stereocenters. The molecule has 0 fully saturated rings. The Bertz CT molecular complexity index is 3850. The number of para-hydroxylation sites is 6. The molecular formula is C65H46N2O. The van der Waals surface area contributed by atoms with Gasteiger partial charge in [0, 0.05) is 49.7 Å². The van der Waals surface area contributed by atoms with E-state index in [1.807, 2.05) is 12.2 Å². The molecular weight excluding hydrogens is 825 g/mol. The van der Waals surface area contributed by atoms with E-state index in [4.69, 9.17) is 4.42 Å².